The Labute approximate surface area is 108 Å². The summed E-state index contributed by atoms with van der Waals surface area (Å²) in [6.45, 7) is 0.663. The van der Waals surface area contributed by atoms with Crippen LogP contribution in [0, 0.1) is 5.92 Å². The van der Waals surface area contributed by atoms with E-state index in [0.29, 0.717) is 12.4 Å². The molecule has 4 nitrogen and oxygen atoms in total. The minimum atomic E-state index is -4.11. The van der Waals surface area contributed by atoms with E-state index >= 15 is 0 Å². The van der Waals surface area contributed by atoms with Gasteiger partial charge in [-0.15, -0.1) is 0 Å². The molecule has 1 aliphatic carbocycles. The molecule has 1 aromatic carbocycles. The van der Waals surface area contributed by atoms with Gasteiger partial charge in [0.1, 0.15) is 5.75 Å². The fourth-order valence-electron chi connectivity index (χ4n) is 2.35. The van der Waals surface area contributed by atoms with Crippen molar-refractivity contribution >= 4 is 10.1 Å². The molecule has 18 heavy (non-hydrogen) atoms. The zero-order valence-corrected chi connectivity index (χ0v) is 11.0. The molecule has 0 heterocycles. The molecule has 100 valence electrons. The lowest BCUT2D eigenvalue weighted by Crippen LogP contribution is -2.04. The second-order valence-electron chi connectivity index (χ2n) is 4.73. The van der Waals surface area contributed by atoms with Gasteiger partial charge in [0.25, 0.3) is 10.1 Å². The fourth-order valence-corrected chi connectivity index (χ4v) is 2.83. The largest absolute Gasteiger partial charge is 0.494 e. The van der Waals surface area contributed by atoms with Crippen molar-refractivity contribution in [3.05, 3.63) is 24.3 Å². The molecule has 1 aromatic rings. The molecule has 1 fully saturated rings. The maximum absolute atomic E-state index is 10.8. The molecular formula is C13H18O4S. The van der Waals surface area contributed by atoms with E-state index in [4.69, 9.17) is 9.29 Å². The van der Waals surface area contributed by atoms with Crippen LogP contribution in [0.25, 0.3) is 0 Å². The van der Waals surface area contributed by atoms with Crippen molar-refractivity contribution in [2.75, 3.05) is 6.61 Å². The Morgan fingerprint density at radius 3 is 2.33 bits per heavy atom. The lowest BCUT2D eigenvalue weighted by molar-refractivity contribution is 0.279. The summed E-state index contributed by atoms with van der Waals surface area (Å²) in [5.74, 6) is 1.42. The summed E-state index contributed by atoms with van der Waals surface area (Å²) in [4.78, 5) is -0.106. The molecule has 2 rings (SSSR count). The lowest BCUT2D eigenvalue weighted by Gasteiger charge is -2.10. The van der Waals surface area contributed by atoms with Crippen LogP contribution in [-0.4, -0.2) is 19.6 Å². The highest BCUT2D eigenvalue weighted by molar-refractivity contribution is 7.85. The first-order valence-corrected chi connectivity index (χ1v) is 7.70. The van der Waals surface area contributed by atoms with Gasteiger partial charge in [-0.3, -0.25) is 4.55 Å². The lowest BCUT2D eigenvalue weighted by atomic mass is 10.1. The van der Waals surface area contributed by atoms with Crippen molar-refractivity contribution in [3.63, 3.8) is 0 Å². The van der Waals surface area contributed by atoms with E-state index in [1.807, 2.05) is 0 Å². The summed E-state index contributed by atoms with van der Waals surface area (Å²) in [7, 11) is -4.11. The molecule has 0 aromatic heterocycles. The zero-order chi connectivity index (χ0) is 13.0. The van der Waals surface area contributed by atoms with Crippen LogP contribution in [0.1, 0.15) is 32.1 Å². The van der Waals surface area contributed by atoms with Crippen LogP contribution < -0.4 is 4.74 Å². The first kappa shape index (κ1) is 13.4. The quantitative estimate of drug-likeness (QED) is 0.836. The summed E-state index contributed by atoms with van der Waals surface area (Å²) in [5.41, 5.74) is 0. The molecule has 5 heteroatoms. The Morgan fingerprint density at radius 1 is 1.17 bits per heavy atom. The van der Waals surface area contributed by atoms with Gasteiger partial charge in [-0.2, -0.15) is 8.42 Å². The van der Waals surface area contributed by atoms with E-state index in [1.54, 1.807) is 12.1 Å². The highest BCUT2D eigenvalue weighted by Crippen LogP contribution is 2.27. The third-order valence-electron chi connectivity index (χ3n) is 3.39. The van der Waals surface area contributed by atoms with Crippen LogP contribution in [0.4, 0.5) is 0 Å². The summed E-state index contributed by atoms with van der Waals surface area (Å²) in [6.07, 6.45) is 6.30. The predicted octanol–water partition coefficient (Wildman–Crippen LogP) is 2.89. The van der Waals surface area contributed by atoms with Crippen molar-refractivity contribution < 1.29 is 17.7 Å². The Hall–Kier alpha value is -1.07. The Balaban J connectivity index is 1.83. The number of ether oxygens (including phenoxy) is 1. The molecule has 1 aliphatic rings. The van der Waals surface area contributed by atoms with Crippen LogP contribution in [-0.2, 0) is 10.1 Å². The first-order valence-electron chi connectivity index (χ1n) is 6.26. The van der Waals surface area contributed by atoms with Gasteiger partial charge in [-0.05, 0) is 36.6 Å². The molecule has 0 aliphatic heterocycles. The first-order chi connectivity index (χ1) is 8.55. The molecule has 0 spiro atoms. The SMILES string of the molecule is O=S(=O)(O)c1ccc(OCCC2CCCC2)cc1. The molecule has 1 saturated carbocycles. The molecule has 0 bridgehead atoms. The smallest absolute Gasteiger partial charge is 0.294 e. The summed E-state index contributed by atoms with van der Waals surface area (Å²) in [5, 5.41) is 0. The van der Waals surface area contributed by atoms with Crippen LogP contribution in [0.5, 0.6) is 5.75 Å². The van der Waals surface area contributed by atoms with Crippen LogP contribution >= 0.6 is 0 Å². The van der Waals surface area contributed by atoms with Crippen molar-refractivity contribution in [2.45, 2.75) is 37.0 Å². The van der Waals surface area contributed by atoms with Gasteiger partial charge in [0.15, 0.2) is 0 Å². The van der Waals surface area contributed by atoms with Crippen molar-refractivity contribution in [1.29, 1.82) is 0 Å². The highest BCUT2D eigenvalue weighted by Gasteiger charge is 2.14. The molecule has 0 unspecified atom stereocenters. The molecular weight excluding hydrogens is 252 g/mol. The van der Waals surface area contributed by atoms with Gasteiger partial charge in [-0.25, -0.2) is 0 Å². The van der Waals surface area contributed by atoms with E-state index < -0.39 is 10.1 Å². The number of hydrogen-bond acceptors (Lipinski definition) is 3. The molecule has 1 N–H and O–H groups in total. The number of rotatable bonds is 5. The minimum absolute atomic E-state index is 0.106. The topological polar surface area (TPSA) is 63.6 Å². The van der Waals surface area contributed by atoms with Gasteiger partial charge in [0.05, 0.1) is 11.5 Å². The maximum atomic E-state index is 10.8. The fraction of sp³-hybridized carbons (Fsp3) is 0.538. The number of hydrogen-bond donors (Lipinski definition) is 1. The van der Waals surface area contributed by atoms with E-state index in [9.17, 15) is 8.42 Å². The summed E-state index contributed by atoms with van der Waals surface area (Å²) in [6, 6.07) is 5.83. The number of benzene rings is 1. The highest BCUT2D eigenvalue weighted by atomic mass is 32.2. The van der Waals surface area contributed by atoms with Gasteiger partial charge in [0.2, 0.25) is 0 Å². The average molecular weight is 270 g/mol. The molecule has 0 amide bonds. The van der Waals surface area contributed by atoms with Gasteiger partial charge in [-0.1, -0.05) is 25.7 Å². The zero-order valence-electron chi connectivity index (χ0n) is 10.2. The second kappa shape index (κ2) is 5.71. The van der Waals surface area contributed by atoms with Crippen LogP contribution in [0.2, 0.25) is 0 Å². The van der Waals surface area contributed by atoms with E-state index in [1.165, 1.54) is 37.8 Å². The summed E-state index contributed by atoms with van der Waals surface area (Å²) < 4.78 is 36.1. The predicted molar refractivity (Wildman–Crippen MR) is 68.3 cm³/mol. The van der Waals surface area contributed by atoms with E-state index in [-0.39, 0.29) is 4.90 Å². The molecule has 0 saturated heterocycles. The minimum Gasteiger partial charge on any atom is -0.494 e. The standard InChI is InChI=1S/C13H18O4S/c14-18(15,16)13-7-5-12(6-8-13)17-10-9-11-3-1-2-4-11/h5-8,11H,1-4,9-10H2,(H,14,15,16). The van der Waals surface area contributed by atoms with Crippen molar-refractivity contribution in [3.8, 4) is 5.75 Å². The van der Waals surface area contributed by atoms with E-state index in [0.717, 1.165) is 12.3 Å². The molecule has 0 radical (unpaired) electrons. The second-order valence-corrected chi connectivity index (χ2v) is 6.16. The van der Waals surface area contributed by atoms with Gasteiger partial charge < -0.3 is 4.74 Å². The van der Waals surface area contributed by atoms with Crippen LogP contribution in [0.15, 0.2) is 29.2 Å². The average Bonchev–Trinajstić information content (AvgIpc) is 2.82. The van der Waals surface area contributed by atoms with Crippen LogP contribution in [0.3, 0.4) is 0 Å². The Morgan fingerprint density at radius 2 is 1.78 bits per heavy atom. The normalized spacial score (nSPS) is 16.9. The molecule has 0 atom stereocenters. The third kappa shape index (κ3) is 3.71. The van der Waals surface area contributed by atoms with E-state index in [2.05, 4.69) is 0 Å². The van der Waals surface area contributed by atoms with Crippen molar-refractivity contribution in [2.24, 2.45) is 5.92 Å². The third-order valence-corrected chi connectivity index (χ3v) is 4.26. The van der Waals surface area contributed by atoms with Crippen molar-refractivity contribution in [1.82, 2.24) is 0 Å². The maximum Gasteiger partial charge on any atom is 0.294 e. The Kier molecular flexibility index (Phi) is 4.24. The monoisotopic (exact) mass is 270 g/mol. The Bertz CT molecular complexity index is 472. The summed E-state index contributed by atoms with van der Waals surface area (Å²) >= 11 is 0. The van der Waals surface area contributed by atoms with Gasteiger partial charge >= 0.3 is 0 Å². The van der Waals surface area contributed by atoms with Gasteiger partial charge in [0, 0.05) is 0 Å².